The van der Waals surface area contributed by atoms with E-state index in [4.69, 9.17) is 4.42 Å². The Balaban J connectivity index is 1.68. The minimum absolute atomic E-state index is 0.00891. The van der Waals surface area contributed by atoms with Gasteiger partial charge in [-0.3, -0.25) is 14.9 Å². The molecule has 1 unspecified atom stereocenters. The molecule has 0 radical (unpaired) electrons. The predicted octanol–water partition coefficient (Wildman–Crippen LogP) is 4.35. The topological polar surface area (TPSA) is 93.7 Å². The van der Waals surface area contributed by atoms with Gasteiger partial charge in [0, 0.05) is 34.3 Å². The smallest absolute Gasteiger partial charge is 0.349 e. The zero-order valence-corrected chi connectivity index (χ0v) is 16.7. The Hall–Kier alpha value is -2.65. The predicted molar refractivity (Wildman–Crippen MR) is 110 cm³/mol. The van der Waals surface area contributed by atoms with Crippen LogP contribution < -0.4 is 5.63 Å². The average Bonchev–Trinajstić information content (AvgIpc) is 3.17. The van der Waals surface area contributed by atoms with Crippen LogP contribution >= 0.6 is 27.7 Å². The maximum Gasteiger partial charge on any atom is 0.349 e. The summed E-state index contributed by atoms with van der Waals surface area (Å²) in [6.45, 7) is 0.473. The molecule has 1 amide bonds. The molecule has 2 heterocycles. The maximum absolute atomic E-state index is 13.1. The highest BCUT2D eigenvalue weighted by Gasteiger charge is 2.33. The van der Waals surface area contributed by atoms with Crippen molar-refractivity contribution < 1.29 is 14.1 Å². The van der Waals surface area contributed by atoms with Gasteiger partial charge in [-0.1, -0.05) is 15.9 Å². The zero-order chi connectivity index (χ0) is 19.8. The summed E-state index contributed by atoms with van der Waals surface area (Å²) in [5.74, 6) is 0.293. The molecule has 1 aliphatic rings. The van der Waals surface area contributed by atoms with Crippen LogP contribution in [0.15, 0.2) is 62.2 Å². The van der Waals surface area contributed by atoms with Crippen LogP contribution in [-0.2, 0) is 0 Å². The van der Waals surface area contributed by atoms with Gasteiger partial charge in [0.2, 0.25) is 0 Å². The van der Waals surface area contributed by atoms with E-state index in [1.807, 2.05) is 0 Å². The number of thioether (sulfide) groups is 1. The number of hydrogen-bond donors (Lipinski definition) is 0. The minimum atomic E-state index is -0.681. The average molecular weight is 461 g/mol. The van der Waals surface area contributed by atoms with Gasteiger partial charge in [0.05, 0.1) is 4.92 Å². The van der Waals surface area contributed by atoms with E-state index in [9.17, 15) is 19.7 Å². The van der Waals surface area contributed by atoms with Gasteiger partial charge in [-0.05, 0) is 42.0 Å². The van der Waals surface area contributed by atoms with Crippen molar-refractivity contribution in [3.63, 3.8) is 0 Å². The second kappa shape index (κ2) is 7.40. The number of amides is 1. The highest BCUT2D eigenvalue weighted by molar-refractivity contribution is 9.10. The number of nitro benzene ring substituents is 1. The Morgan fingerprint density at radius 2 is 1.96 bits per heavy atom. The number of carbonyl (C=O) groups is 1. The van der Waals surface area contributed by atoms with Crippen molar-refractivity contribution in [2.45, 2.75) is 5.37 Å². The van der Waals surface area contributed by atoms with Crippen LogP contribution in [0.1, 0.15) is 21.3 Å². The Morgan fingerprint density at radius 3 is 2.68 bits per heavy atom. The second-order valence-corrected chi connectivity index (χ2v) is 8.30. The third kappa shape index (κ3) is 3.43. The van der Waals surface area contributed by atoms with E-state index in [1.54, 1.807) is 53.1 Å². The number of halogens is 1. The Bertz CT molecular complexity index is 1150. The lowest BCUT2D eigenvalue weighted by Crippen LogP contribution is -2.33. The van der Waals surface area contributed by atoms with Crippen molar-refractivity contribution in [3.8, 4) is 0 Å². The second-order valence-electron chi connectivity index (χ2n) is 6.20. The van der Waals surface area contributed by atoms with Crippen molar-refractivity contribution in [1.29, 1.82) is 0 Å². The van der Waals surface area contributed by atoms with Crippen LogP contribution in [0.5, 0.6) is 0 Å². The lowest BCUT2D eigenvalue weighted by molar-refractivity contribution is -0.384. The van der Waals surface area contributed by atoms with Gasteiger partial charge in [-0.15, -0.1) is 11.8 Å². The number of nitro groups is 1. The fourth-order valence-electron chi connectivity index (χ4n) is 3.11. The summed E-state index contributed by atoms with van der Waals surface area (Å²) in [7, 11) is 0. The van der Waals surface area contributed by atoms with Crippen LogP contribution in [0.25, 0.3) is 11.0 Å². The molecule has 3 aromatic rings. The first-order valence-corrected chi connectivity index (χ1v) is 10.2. The molecule has 0 saturated carbocycles. The molecule has 0 N–H and O–H groups in total. The third-order valence-corrected chi connectivity index (χ3v) is 6.22. The molecule has 4 rings (SSSR count). The number of fused-ring (bicyclic) bond motifs is 1. The first-order chi connectivity index (χ1) is 13.4. The van der Waals surface area contributed by atoms with E-state index in [1.165, 1.54) is 12.1 Å². The molecule has 1 atom stereocenters. The summed E-state index contributed by atoms with van der Waals surface area (Å²) < 4.78 is 6.12. The van der Waals surface area contributed by atoms with Crippen molar-refractivity contribution in [1.82, 2.24) is 4.90 Å². The zero-order valence-electron chi connectivity index (χ0n) is 14.3. The van der Waals surface area contributed by atoms with E-state index in [-0.39, 0.29) is 16.6 Å². The summed E-state index contributed by atoms with van der Waals surface area (Å²) in [4.78, 5) is 37.4. The van der Waals surface area contributed by atoms with Gasteiger partial charge in [0.1, 0.15) is 16.5 Å². The van der Waals surface area contributed by atoms with Gasteiger partial charge in [0.15, 0.2) is 0 Å². The molecule has 0 bridgehead atoms. The number of rotatable bonds is 3. The SMILES string of the molecule is O=C(c1cc2cc(Br)ccc2oc1=O)N1CCSC1c1ccc([N+](=O)[O-])cc1. The van der Waals surface area contributed by atoms with Gasteiger partial charge in [-0.2, -0.15) is 0 Å². The largest absolute Gasteiger partial charge is 0.422 e. The van der Waals surface area contributed by atoms with E-state index in [2.05, 4.69) is 15.9 Å². The maximum atomic E-state index is 13.1. The molecule has 0 spiro atoms. The third-order valence-electron chi connectivity index (χ3n) is 4.47. The molecule has 9 heteroatoms. The summed E-state index contributed by atoms with van der Waals surface area (Å²) in [5.41, 5.74) is 0.464. The summed E-state index contributed by atoms with van der Waals surface area (Å²) >= 11 is 4.92. The highest BCUT2D eigenvalue weighted by atomic mass is 79.9. The van der Waals surface area contributed by atoms with Crippen molar-refractivity contribution in [3.05, 3.63) is 84.7 Å². The molecule has 1 aliphatic heterocycles. The monoisotopic (exact) mass is 460 g/mol. The Morgan fingerprint density at radius 1 is 1.21 bits per heavy atom. The van der Waals surface area contributed by atoms with E-state index < -0.39 is 16.5 Å². The number of hydrogen-bond acceptors (Lipinski definition) is 6. The molecule has 7 nitrogen and oxygen atoms in total. The van der Waals surface area contributed by atoms with Crippen molar-refractivity contribution in [2.24, 2.45) is 0 Å². The van der Waals surface area contributed by atoms with E-state index in [0.29, 0.717) is 23.3 Å². The number of non-ortho nitro benzene ring substituents is 1. The van der Waals surface area contributed by atoms with Gasteiger partial charge < -0.3 is 9.32 Å². The van der Waals surface area contributed by atoms with Crippen LogP contribution in [-0.4, -0.2) is 28.0 Å². The number of carbonyl (C=O) groups excluding carboxylic acids is 1. The lowest BCUT2D eigenvalue weighted by atomic mass is 10.1. The normalized spacial score (nSPS) is 16.5. The quantitative estimate of drug-likeness (QED) is 0.327. The molecular weight excluding hydrogens is 448 g/mol. The number of benzene rings is 2. The molecule has 2 aromatic carbocycles. The van der Waals surface area contributed by atoms with Crippen molar-refractivity contribution in [2.75, 3.05) is 12.3 Å². The molecule has 142 valence electrons. The van der Waals surface area contributed by atoms with Crippen LogP contribution in [0, 0.1) is 10.1 Å². The lowest BCUT2D eigenvalue weighted by Gasteiger charge is -2.23. The first-order valence-electron chi connectivity index (χ1n) is 8.34. The summed E-state index contributed by atoms with van der Waals surface area (Å²) in [6.07, 6.45) is 0. The van der Waals surface area contributed by atoms with E-state index >= 15 is 0 Å². The fraction of sp³-hybridized carbons (Fsp3) is 0.158. The van der Waals surface area contributed by atoms with Crippen LogP contribution in [0.2, 0.25) is 0 Å². The van der Waals surface area contributed by atoms with E-state index in [0.717, 1.165) is 10.0 Å². The molecule has 1 saturated heterocycles. The fourth-order valence-corrected chi connectivity index (χ4v) is 4.75. The summed E-state index contributed by atoms with van der Waals surface area (Å²) in [5, 5.41) is 11.2. The molecule has 1 fully saturated rings. The van der Waals surface area contributed by atoms with Crippen LogP contribution in [0.4, 0.5) is 5.69 Å². The standard InChI is InChI=1S/C19H13BrN2O5S/c20-13-3-6-16-12(9-13)10-15(19(24)27-16)17(23)21-7-8-28-18(21)11-1-4-14(5-2-11)22(25)26/h1-6,9-10,18H,7-8H2. The van der Waals surface area contributed by atoms with Gasteiger partial charge in [0.25, 0.3) is 11.6 Å². The Kier molecular flexibility index (Phi) is 4.94. The summed E-state index contributed by atoms with van der Waals surface area (Å²) in [6, 6.07) is 12.9. The molecule has 0 aliphatic carbocycles. The Labute approximate surface area is 171 Å². The molecule has 1 aromatic heterocycles. The van der Waals surface area contributed by atoms with Gasteiger partial charge in [-0.25, -0.2) is 4.79 Å². The van der Waals surface area contributed by atoms with Crippen molar-refractivity contribution >= 4 is 50.3 Å². The van der Waals surface area contributed by atoms with Gasteiger partial charge >= 0.3 is 5.63 Å². The molecule has 28 heavy (non-hydrogen) atoms. The minimum Gasteiger partial charge on any atom is -0.422 e. The number of nitrogens with zero attached hydrogens (tertiary/aromatic N) is 2. The molecular formula is C19H13BrN2O5S. The first kappa shape index (κ1) is 18.7. The highest BCUT2D eigenvalue weighted by Crippen LogP contribution is 2.39. The van der Waals surface area contributed by atoms with Crippen LogP contribution in [0.3, 0.4) is 0 Å².